The molecule has 3 aliphatic rings. The van der Waals surface area contributed by atoms with Gasteiger partial charge in [0.15, 0.2) is 11.5 Å². The first kappa shape index (κ1) is 22.4. The zero-order valence-corrected chi connectivity index (χ0v) is 20.3. The number of pyridine rings is 1. The van der Waals surface area contributed by atoms with Gasteiger partial charge in [0.2, 0.25) is 12.7 Å². The predicted octanol–water partition coefficient (Wildman–Crippen LogP) is 3.97. The zero-order valence-electron chi connectivity index (χ0n) is 20.3. The summed E-state index contributed by atoms with van der Waals surface area (Å²) in [5, 5.41) is 2.98. The molecule has 0 fully saturated rings. The van der Waals surface area contributed by atoms with Crippen LogP contribution in [0.1, 0.15) is 32.6 Å². The second-order valence-corrected chi connectivity index (χ2v) is 9.50. The predicted molar refractivity (Wildman–Crippen MR) is 138 cm³/mol. The van der Waals surface area contributed by atoms with E-state index in [4.69, 9.17) is 14.2 Å². The van der Waals surface area contributed by atoms with Crippen molar-refractivity contribution in [3.8, 4) is 17.2 Å². The van der Waals surface area contributed by atoms with Gasteiger partial charge in [-0.3, -0.25) is 14.6 Å². The number of benzene rings is 3. The lowest BCUT2D eigenvalue weighted by Gasteiger charge is -2.24. The Balaban J connectivity index is 1.23. The quantitative estimate of drug-likeness (QED) is 0.442. The van der Waals surface area contributed by atoms with Crippen LogP contribution in [0.2, 0.25) is 0 Å². The van der Waals surface area contributed by atoms with Gasteiger partial charge in [-0.25, -0.2) is 0 Å². The van der Waals surface area contributed by atoms with Gasteiger partial charge in [-0.1, -0.05) is 36.4 Å². The Labute approximate surface area is 218 Å². The highest BCUT2D eigenvalue weighted by Gasteiger charge is 2.57. The summed E-state index contributed by atoms with van der Waals surface area (Å²) in [7, 11) is 0. The van der Waals surface area contributed by atoms with E-state index in [9.17, 15) is 9.59 Å². The van der Waals surface area contributed by atoms with Crippen LogP contribution in [0.3, 0.4) is 0 Å². The van der Waals surface area contributed by atoms with Gasteiger partial charge in [0, 0.05) is 41.8 Å². The SMILES string of the molecule is O=C(NCc1ccncc1)c1ccccc1CN1C(=O)C2(COc3cc4c(cc32)OCO4)c2ccccc21. The molecule has 8 nitrogen and oxygen atoms in total. The van der Waals surface area contributed by atoms with Crippen molar-refractivity contribution in [2.45, 2.75) is 18.5 Å². The van der Waals surface area contributed by atoms with Crippen LogP contribution in [0, 0.1) is 0 Å². The number of carbonyl (C=O) groups is 2. The number of rotatable bonds is 5. The van der Waals surface area contributed by atoms with Crippen molar-refractivity contribution in [3.05, 3.63) is 113 Å². The molecule has 188 valence electrons. The first-order chi connectivity index (χ1) is 18.6. The maximum atomic E-state index is 14.3. The number of fused-ring (bicyclic) bond motifs is 5. The van der Waals surface area contributed by atoms with Crippen LogP contribution >= 0.6 is 0 Å². The van der Waals surface area contributed by atoms with Crippen LogP contribution in [0.15, 0.2) is 85.2 Å². The van der Waals surface area contributed by atoms with Gasteiger partial charge in [-0.2, -0.15) is 0 Å². The van der Waals surface area contributed by atoms with E-state index in [2.05, 4.69) is 10.3 Å². The molecule has 4 aromatic rings. The van der Waals surface area contributed by atoms with E-state index >= 15 is 0 Å². The average Bonchev–Trinajstić information content (AvgIpc) is 3.64. The molecule has 7 rings (SSSR count). The number of ether oxygens (including phenoxy) is 3. The maximum absolute atomic E-state index is 14.3. The summed E-state index contributed by atoms with van der Waals surface area (Å²) < 4.78 is 17.2. The molecule has 0 saturated carbocycles. The Morgan fingerprint density at radius 2 is 1.66 bits per heavy atom. The molecule has 1 N–H and O–H groups in total. The summed E-state index contributed by atoms with van der Waals surface area (Å²) in [5.74, 6) is 1.55. The van der Waals surface area contributed by atoms with E-state index in [-0.39, 0.29) is 31.8 Å². The summed E-state index contributed by atoms with van der Waals surface area (Å²) in [6, 6.07) is 22.5. The Hall–Kier alpha value is -4.85. The molecule has 3 aliphatic heterocycles. The highest BCUT2D eigenvalue weighted by molar-refractivity contribution is 6.11. The van der Waals surface area contributed by atoms with Crippen molar-refractivity contribution in [2.24, 2.45) is 0 Å². The Kier molecular flexibility index (Phi) is 5.07. The molecule has 1 atom stereocenters. The molecule has 3 aromatic carbocycles. The van der Waals surface area contributed by atoms with E-state index in [1.54, 1.807) is 29.4 Å². The minimum Gasteiger partial charge on any atom is -0.491 e. The molecule has 8 heteroatoms. The fraction of sp³-hybridized carbons (Fsp3) is 0.167. The third-order valence-corrected chi connectivity index (χ3v) is 7.44. The standard InChI is InChI=1S/C30H23N3O5/c34-28(32-15-19-9-11-31-12-10-19)21-6-2-1-5-20(21)16-33-24-8-4-3-7-22(24)30(29(33)35)17-36-25-14-27-26(13-23(25)30)37-18-38-27/h1-14H,15-18H2,(H,32,34). The third kappa shape index (κ3) is 3.33. The van der Waals surface area contributed by atoms with Crippen molar-refractivity contribution < 1.29 is 23.8 Å². The number of anilines is 1. The second kappa shape index (κ2) is 8.62. The highest BCUT2D eigenvalue weighted by atomic mass is 16.7. The Bertz CT molecular complexity index is 1590. The van der Waals surface area contributed by atoms with Crippen LogP contribution < -0.4 is 24.4 Å². The number of nitrogens with one attached hydrogen (secondary N) is 1. The lowest BCUT2D eigenvalue weighted by molar-refractivity contribution is -0.122. The lowest BCUT2D eigenvalue weighted by Crippen LogP contribution is -2.42. The van der Waals surface area contributed by atoms with Crippen LogP contribution in [0.4, 0.5) is 5.69 Å². The molecular weight excluding hydrogens is 482 g/mol. The zero-order chi connectivity index (χ0) is 25.7. The van der Waals surface area contributed by atoms with Crippen molar-refractivity contribution in [1.29, 1.82) is 0 Å². The second-order valence-electron chi connectivity index (χ2n) is 9.50. The maximum Gasteiger partial charge on any atom is 0.251 e. The molecule has 0 bridgehead atoms. The summed E-state index contributed by atoms with van der Waals surface area (Å²) >= 11 is 0. The molecule has 38 heavy (non-hydrogen) atoms. The Morgan fingerprint density at radius 1 is 0.895 bits per heavy atom. The molecule has 0 saturated heterocycles. The summed E-state index contributed by atoms with van der Waals surface area (Å²) in [5.41, 5.74) is 3.69. The molecule has 0 radical (unpaired) electrons. The van der Waals surface area contributed by atoms with Crippen LogP contribution in [0.5, 0.6) is 17.2 Å². The Morgan fingerprint density at radius 3 is 2.53 bits per heavy atom. The third-order valence-electron chi connectivity index (χ3n) is 7.44. The molecule has 1 unspecified atom stereocenters. The van der Waals surface area contributed by atoms with Crippen molar-refractivity contribution in [3.63, 3.8) is 0 Å². The number of hydrogen-bond donors (Lipinski definition) is 1. The molecular formula is C30H23N3O5. The van der Waals surface area contributed by atoms with E-state index < -0.39 is 5.41 Å². The average molecular weight is 506 g/mol. The fourth-order valence-corrected chi connectivity index (χ4v) is 5.55. The van der Waals surface area contributed by atoms with Gasteiger partial charge in [-0.15, -0.1) is 0 Å². The number of para-hydroxylation sites is 1. The van der Waals surface area contributed by atoms with Crippen molar-refractivity contribution in [1.82, 2.24) is 10.3 Å². The molecule has 1 spiro atoms. The topological polar surface area (TPSA) is 90.0 Å². The van der Waals surface area contributed by atoms with Gasteiger partial charge in [0.05, 0.1) is 6.54 Å². The van der Waals surface area contributed by atoms with Gasteiger partial charge < -0.3 is 24.4 Å². The van der Waals surface area contributed by atoms with E-state index in [0.29, 0.717) is 29.4 Å². The number of amides is 2. The first-order valence-electron chi connectivity index (χ1n) is 12.4. The number of aromatic nitrogens is 1. The van der Waals surface area contributed by atoms with Gasteiger partial charge in [0.25, 0.3) is 5.91 Å². The monoisotopic (exact) mass is 505 g/mol. The highest BCUT2D eigenvalue weighted by Crippen LogP contribution is 2.55. The number of nitrogens with zero attached hydrogens (tertiary/aromatic N) is 2. The molecule has 0 aliphatic carbocycles. The lowest BCUT2D eigenvalue weighted by atomic mass is 9.77. The molecule has 2 amide bonds. The van der Waals surface area contributed by atoms with Gasteiger partial charge >= 0.3 is 0 Å². The fourth-order valence-electron chi connectivity index (χ4n) is 5.55. The van der Waals surface area contributed by atoms with Crippen LogP contribution in [-0.2, 0) is 23.3 Å². The van der Waals surface area contributed by atoms with Crippen LogP contribution in [0.25, 0.3) is 0 Å². The van der Waals surface area contributed by atoms with Crippen LogP contribution in [-0.4, -0.2) is 30.2 Å². The van der Waals surface area contributed by atoms with Crippen molar-refractivity contribution >= 4 is 17.5 Å². The minimum atomic E-state index is -0.995. The van der Waals surface area contributed by atoms with Crippen molar-refractivity contribution in [2.75, 3.05) is 18.3 Å². The normalized spacial score (nSPS) is 18.3. The van der Waals surface area contributed by atoms with E-state index in [0.717, 1.165) is 27.9 Å². The van der Waals surface area contributed by atoms with Gasteiger partial charge in [-0.05, 0) is 47.0 Å². The largest absolute Gasteiger partial charge is 0.491 e. The van der Waals surface area contributed by atoms with E-state index in [1.165, 1.54) is 0 Å². The summed E-state index contributed by atoms with van der Waals surface area (Å²) in [6.45, 7) is 0.957. The van der Waals surface area contributed by atoms with Gasteiger partial charge in [0.1, 0.15) is 17.8 Å². The number of hydrogen-bond acceptors (Lipinski definition) is 6. The summed E-state index contributed by atoms with van der Waals surface area (Å²) in [6.07, 6.45) is 3.39. The molecule has 4 heterocycles. The van der Waals surface area contributed by atoms with E-state index in [1.807, 2.05) is 60.7 Å². The summed E-state index contributed by atoms with van der Waals surface area (Å²) in [4.78, 5) is 33.3. The first-order valence-corrected chi connectivity index (χ1v) is 12.4. The minimum absolute atomic E-state index is 0.0942. The number of carbonyl (C=O) groups excluding carboxylic acids is 2. The smallest absolute Gasteiger partial charge is 0.251 e. The molecule has 1 aromatic heterocycles.